The normalized spacial score (nSPS) is 10.7. The van der Waals surface area contributed by atoms with Crippen molar-refractivity contribution in [3.8, 4) is 5.75 Å². The Kier molecular flexibility index (Phi) is 4.68. The van der Waals surface area contributed by atoms with Crippen LogP contribution in [0.25, 0.3) is 0 Å². The van der Waals surface area contributed by atoms with Gasteiger partial charge < -0.3 is 15.4 Å². The second-order valence-electron chi connectivity index (χ2n) is 5.09. The third-order valence-corrected chi connectivity index (χ3v) is 3.12. The summed E-state index contributed by atoms with van der Waals surface area (Å²) in [7, 11) is 0. The smallest absolute Gasteiger partial charge is 0.167 e. The number of anilines is 3. The first kappa shape index (κ1) is 15.2. The van der Waals surface area contributed by atoms with Crippen molar-refractivity contribution >= 4 is 17.1 Å². The Labute approximate surface area is 125 Å². The molecule has 0 fully saturated rings. The summed E-state index contributed by atoms with van der Waals surface area (Å²) in [6.07, 6.45) is -0.0947. The Morgan fingerprint density at radius 3 is 2.43 bits per heavy atom. The first-order chi connectivity index (χ1) is 10.0. The van der Waals surface area contributed by atoms with Crippen molar-refractivity contribution in [2.24, 2.45) is 0 Å². The van der Waals surface area contributed by atoms with Gasteiger partial charge in [0.05, 0.1) is 17.5 Å². The van der Waals surface area contributed by atoms with Crippen molar-refractivity contribution in [2.45, 2.75) is 26.9 Å². The number of halogens is 1. The topological polar surface area (TPSA) is 38.5 Å². The van der Waals surface area contributed by atoms with E-state index in [1.165, 1.54) is 6.07 Å². The lowest BCUT2D eigenvalue weighted by molar-refractivity contribution is 0.231. The number of rotatable bonds is 5. The summed E-state index contributed by atoms with van der Waals surface area (Å²) in [5.74, 6) is -0.211. The largest absolute Gasteiger partial charge is 0.488 e. The van der Waals surface area contributed by atoms with Gasteiger partial charge in [0.1, 0.15) is 0 Å². The maximum atomic E-state index is 13.9. The van der Waals surface area contributed by atoms with Crippen molar-refractivity contribution in [1.29, 1.82) is 0 Å². The summed E-state index contributed by atoms with van der Waals surface area (Å²) >= 11 is 0. The molecule has 3 nitrogen and oxygen atoms in total. The van der Waals surface area contributed by atoms with Crippen LogP contribution in [0.5, 0.6) is 5.75 Å². The summed E-state index contributed by atoms with van der Waals surface area (Å²) in [5, 5.41) is 0. The van der Waals surface area contributed by atoms with E-state index in [1.807, 2.05) is 56.0 Å². The molecule has 0 spiro atoms. The number of para-hydroxylation sites is 1. The first-order valence-electron chi connectivity index (χ1n) is 7.11. The van der Waals surface area contributed by atoms with E-state index in [4.69, 9.17) is 10.5 Å². The Morgan fingerprint density at radius 2 is 1.86 bits per heavy atom. The summed E-state index contributed by atoms with van der Waals surface area (Å²) in [6, 6.07) is 12.9. The van der Waals surface area contributed by atoms with Gasteiger partial charge in [-0.3, -0.25) is 0 Å². The van der Waals surface area contributed by atoms with Crippen LogP contribution in [0.3, 0.4) is 0 Å². The highest BCUT2D eigenvalue weighted by molar-refractivity contribution is 5.76. The number of nitrogens with zero attached hydrogens (tertiary/aromatic N) is 1. The van der Waals surface area contributed by atoms with Crippen molar-refractivity contribution < 1.29 is 9.13 Å². The van der Waals surface area contributed by atoms with Crippen molar-refractivity contribution in [2.75, 3.05) is 17.2 Å². The van der Waals surface area contributed by atoms with E-state index in [1.54, 1.807) is 6.07 Å². The van der Waals surface area contributed by atoms with Gasteiger partial charge in [-0.25, -0.2) is 4.39 Å². The van der Waals surface area contributed by atoms with Crippen LogP contribution < -0.4 is 15.4 Å². The van der Waals surface area contributed by atoms with Gasteiger partial charge >= 0.3 is 0 Å². The Bertz CT molecular complexity index is 599. The second-order valence-corrected chi connectivity index (χ2v) is 5.09. The van der Waals surface area contributed by atoms with Gasteiger partial charge in [-0.05, 0) is 32.9 Å². The van der Waals surface area contributed by atoms with Crippen LogP contribution in [0, 0.1) is 5.82 Å². The molecule has 0 aliphatic rings. The number of hydrogen-bond acceptors (Lipinski definition) is 3. The monoisotopic (exact) mass is 288 g/mol. The molecular formula is C17H21FN2O. The van der Waals surface area contributed by atoms with Crippen LogP contribution in [0.15, 0.2) is 42.5 Å². The Morgan fingerprint density at radius 1 is 1.19 bits per heavy atom. The highest BCUT2D eigenvalue weighted by Crippen LogP contribution is 2.35. The minimum absolute atomic E-state index is 0.0947. The van der Waals surface area contributed by atoms with E-state index in [-0.39, 0.29) is 11.9 Å². The SMILES string of the molecule is CCN(c1ccccc1)c1cc(OC(C)C)c(F)cc1N. The molecule has 21 heavy (non-hydrogen) atoms. The lowest BCUT2D eigenvalue weighted by atomic mass is 10.2. The molecule has 0 unspecified atom stereocenters. The zero-order valence-corrected chi connectivity index (χ0v) is 12.6. The van der Waals surface area contributed by atoms with Crippen LogP contribution in [-0.4, -0.2) is 12.6 Å². The summed E-state index contributed by atoms with van der Waals surface area (Å²) < 4.78 is 19.5. The summed E-state index contributed by atoms with van der Waals surface area (Å²) in [5.41, 5.74) is 8.15. The molecule has 0 heterocycles. The minimum Gasteiger partial charge on any atom is -0.488 e. The van der Waals surface area contributed by atoms with E-state index >= 15 is 0 Å². The van der Waals surface area contributed by atoms with Crippen LogP contribution in [0.2, 0.25) is 0 Å². The average Bonchev–Trinajstić information content (AvgIpc) is 2.45. The highest BCUT2D eigenvalue weighted by Gasteiger charge is 2.15. The fourth-order valence-electron chi connectivity index (χ4n) is 2.24. The third-order valence-electron chi connectivity index (χ3n) is 3.12. The van der Waals surface area contributed by atoms with Crippen LogP contribution in [0.4, 0.5) is 21.5 Å². The molecule has 0 amide bonds. The van der Waals surface area contributed by atoms with E-state index in [2.05, 4.69) is 0 Å². The van der Waals surface area contributed by atoms with Gasteiger partial charge in [-0.1, -0.05) is 18.2 Å². The van der Waals surface area contributed by atoms with Gasteiger partial charge in [0.2, 0.25) is 0 Å². The highest BCUT2D eigenvalue weighted by atomic mass is 19.1. The zero-order valence-electron chi connectivity index (χ0n) is 12.6. The quantitative estimate of drug-likeness (QED) is 0.831. The van der Waals surface area contributed by atoms with Crippen LogP contribution in [0.1, 0.15) is 20.8 Å². The molecule has 2 rings (SSSR count). The predicted octanol–water partition coefficient (Wildman–Crippen LogP) is 4.35. The molecule has 112 valence electrons. The standard InChI is InChI=1S/C17H21FN2O/c1-4-20(13-8-6-5-7-9-13)16-11-17(21-12(2)3)14(18)10-15(16)19/h5-12H,4,19H2,1-3H3. The van der Waals surface area contributed by atoms with E-state index in [0.29, 0.717) is 5.69 Å². The van der Waals surface area contributed by atoms with Crippen LogP contribution in [-0.2, 0) is 0 Å². The number of hydrogen-bond donors (Lipinski definition) is 1. The lowest BCUT2D eigenvalue weighted by Gasteiger charge is -2.26. The summed E-state index contributed by atoms with van der Waals surface area (Å²) in [4.78, 5) is 2.03. The zero-order chi connectivity index (χ0) is 15.4. The third kappa shape index (κ3) is 3.45. The second kappa shape index (κ2) is 6.48. The van der Waals surface area contributed by atoms with Crippen LogP contribution >= 0.6 is 0 Å². The van der Waals surface area contributed by atoms with Crippen molar-refractivity contribution in [3.05, 3.63) is 48.3 Å². The lowest BCUT2D eigenvalue weighted by Crippen LogP contribution is -2.18. The molecule has 2 aromatic carbocycles. The molecule has 0 atom stereocenters. The predicted molar refractivity (Wildman–Crippen MR) is 85.7 cm³/mol. The molecule has 0 aliphatic heterocycles. The molecule has 0 saturated heterocycles. The molecule has 2 aromatic rings. The average molecular weight is 288 g/mol. The minimum atomic E-state index is -0.436. The maximum Gasteiger partial charge on any atom is 0.167 e. The van der Waals surface area contributed by atoms with E-state index < -0.39 is 5.82 Å². The summed E-state index contributed by atoms with van der Waals surface area (Å²) in [6.45, 7) is 6.48. The fraction of sp³-hybridized carbons (Fsp3) is 0.294. The maximum absolute atomic E-state index is 13.9. The van der Waals surface area contributed by atoms with Gasteiger partial charge in [0.25, 0.3) is 0 Å². The Hall–Kier alpha value is -2.23. The molecule has 4 heteroatoms. The van der Waals surface area contributed by atoms with Crippen molar-refractivity contribution in [3.63, 3.8) is 0 Å². The van der Waals surface area contributed by atoms with Gasteiger partial charge in [-0.2, -0.15) is 0 Å². The first-order valence-corrected chi connectivity index (χ1v) is 7.11. The molecular weight excluding hydrogens is 267 g/mol. The van der Waals surface area contributed by atoms with Gasteiger partial charge in [-0.15, -0.1) is 0 Å². The molecule has 0 saturated carbocycles. The molecule has 0 aliphatic carbocycles. The molecule has 0 radical (unpaired) electrons. The number of nitrogen functional groups attached to an aromatic ring is 1. The van der Waals surface area contributed by atoms with Gasteiger partial charge in [0.15, 0.2) is 11.6 Å². The molecule has 0 bridgehead atoms. The van der Waals surface area contributed by atoms with Crippen molar-refractivity contribution in [1.82, 2.24) is 0 Å². The van der Waals surface area contributed by atoms with E-state index in [0.717, 1.165) is 17.9 Å². The molecule has 0 aromatic heterocycles. The number of ether oxygens (including phenoxy) is 1. The van der Waals surface area contributed by atoms with Gasteiger partial charge in [0, 0.05) is 24.4 Å². The number of nitrogens with two attached hydrogens (primary N) is 1. The number of benzene rings is 2. The Balaban J connectivity index is 2.46. The fourth-order valence-corrected chi connectivity index (χ4v) is 2.24. The van der Waals surface area contributed by atoms with E-state index in [9.17, 15) is 4.39 Å². The molecule has 2 N–H and O–H groups in total.